The van der Waals surface area contributed by atoms with Crippen molar-refractivity contribution < 1.29 is 4.79 Å². The molecule has 0 saturated carbocycles. The molecule has 0 spiro atoms. The van der Waals surface area contributed by atoms with E-state index in [9.17, 15) is 4.79 Å². The van der Waals surface area contributed by atoms with Gasteiger partial charge in [0.05, 0.1) is 16.9 Å². The van der Waals surface area contributed by atoms with Gasteiger partial charge in [-0.1, -0.05) is 35.3 Å². The highest BCUT2D eigenvalue weighted by Gasteiger charge is 2.14. The summed E-state index contributed by atoms with van der Waals surface area (Å²) in [5, 5.41) is 9.77. The van der Waals surface area contributed by atoms with E-state index in [4.69, 9.17) is 28.9 Å². The van der Waals surface area contributed by atoms with E-state index in [1.165, 1.54) is 6.07 Å². The lowest BCUT2D eigenvalue weighted by atomic mass is 10.2. The Kier molecular flexibility index (Phi) is 3.64. The summed E-state index contributed by atoms with van der Waals surface area (Å²) < 4.78 is 0. The molecule has 1 heterocycles. The molecule has 2 aromatic rings. The molecule has 1 amide bonds. The molecule has 0 aliphatic heterocycles. The normalized spacial score (nSPS) is 10.1. The molecular weight excluding hydrogens is 275 g/mol. The highest BCUT2D eigenvalue weighted by atomic mass is 35.5. The fourth-order valence-electron chi connectivity index (χ4n) is 1.31. The predicted octanol–water partition coefficient (Wildman–Crippen LogP) is 2.62. The van der Waals surface area contributed by atoms with Crippen molar-refractivity contribution in [1.29, 1.82) is 0 Å². The van der Waals surface area contributed by atoms with Crippen LogP contribution in [0.5, 0.6) is 0 Å². The van der Waals surface area contributed by atoms with Crippen molar-refractivity contribution in [1.82, 2.24) is 10.2 Å². The van der Waals surface area contributed by atoms with Crippen LogP contribution in [0.2, 0.25) is 10.3 Å². The number of hydrogen-bond acceptors (Lipinski definition) is 4. The van der Waals surface area contributed by atoms with Gasteiger partial charge in [-0.15, -0.1) is 10.2 Å². The van der Waals surface area contributed by atoms with E-state index in [-0.39, 0.29) is 15.9 Å². The van der Waals surface area contributed by atoms with Gasteiger partial charge in [-0.25, -0.2) is 0 Å². The molecule has 5 nitrogen and oxygen atoms in total. The first-order chi connectivity index (χ1) is 8.58. The Bertz CT molecular complexity index is 603. The van der Waals surface area contributed by atoms with Crippen molar-refractivity contribution in [2.45, 2.75) is 0 Å². The molecule has 7 heteroatoms. The van der Waals surface area contributed by atoms with Crippen LogP contribution in [0, 0.1) is 0 Å². The quantitative estimate of drug-likeness (QED) is 0.830. The van der Waals surface area contributed by atoms with Crippen LogP contribution in [0.15, 0.2) is 30.3 Å². The Labute approximate surface area is 113 Å². The van der Waals surface area contributed by atoms with Gasteiger partial charge in [0.15, 0.2) is 10.3 Å². The number of rotatable bonds is 2. The minimum absolute atomic E-state index is 0.0218. The highest BCUT2D eigenvalue weighted by molar-refractivity contribution is 6.34. The van der Waals surface area contributed by atoms with Crippen molar-refractivity contribution in [3.8, 4) is 0 Å². The standard InChI is InChI=1S/C11H8Cl2N4O/c12-9-5-6(10(13)17-16-9)11(18)15-8-4-2-1-3-7(8)14/h1-5H,14H2,(H,15,18). The molecule has 0 fully saturated rings. The molecule has 18 heavy (non-hydrogen) atoms. The van der Waals surface area contributed by atoms with Gasteiger partial charge in [0.1, 0.15) is 0 Å². The summed E-state index contributed by atoms with van der Waals surface area (Å²) in [6.45, 7) is 0. The van der Waals surface area contributed by atoms with Crippen molar-refractivity contribution >= 4 is 40.5 Å². The van der Waals surface area contributed by atoms with Gasteiger partial charge in [-0.2, -0.15) is 0 Å². The van der Waals surface area contributed by atoms with Crippen LogP contribution in [-0.4, -0.2) is 16.1 Å². The van der Waals surface area contributed by atoms with Gasteiger partial charge in [0.2, 0.25) is 0 Å². The number of nitrogens with zero attached hydrogens (tertiary/aromatic N) is 2. The molecule has 0 aliphatic carbocycles. The largest absolute Gasteiger partial charge is 0.397 e. The number of nitrogens with one attached hydrogen (secondary N) is 1. The average molecular weight is 283 g/mol. The average Bonchev–Trinajstić information content (AvgIpc) is 2.35. The van der Waals surface area contributed by atoms with Crippen molar-refractivity contribution in [3.63, 3.8) is 0 Å². The summed E-state index contributed by atoms with van der Waals surface area (Å²) in [5.74, 6) is -0.449. The summed E-state index contributed by atoms with van der Waals surface area (Å²) >= 11 is 11.4. The molecule has 0 bridgehead atoms. The Morgan fingerprint density at radius 1 is 1.22 bits per heavy atom. The second-order valence-electron chi connectivity index (χ2n) is 3.41. The minimum Gasteiger partial charge on any atom is -0.397 e. The first-order valence-electron chi connectivity index (χ1n) is 4.92. The van der Waals surface area contributed by atoms with Crippen LogP contribution in [-0.2, 0) is 0 Å². The van der Waals surface area contributed by atoms with Crippen molar-refractivity contribution in [3.05, 3.63) is 46.2 Å². The third kappa shape index (κ3) is 2.69. The van der Waals surface area contributed by atoms with Crippen LogP contribution in [0.1, 0.15) is 10.4 Å². The highest BCUT2D eigenvalue weighted by Crippen LogP contribution is 2.20. The van der Waals surface area contributed by atoms with Gasteiger partial charge in [0, 0.05) is 0 Å². The molecule has 1 aromatic heterocycles. The van der Waals surface area contributed by atoms with Gasteiger partial charge >= 0.3 is 0 Å². The smallest absolute Gasteiger partial charge is 0.259 e. The Balaban J connectivity index is 2.28. The van der Waals surface area contributed by atoms with Crippen LogP contribution in [0.4, 0.5) is 11.4 Å². The molecule has 0 saturated heterocycles. The van der Waals surface area contributed by atoms with Crippen molar-refractivity contribution in [2.75, 3.05) is 11.1 Å². The van der Waals surface area contributed by atoms with E-state index in [0.29, 0.717) is 11.4 Å². The number of nitrogens with two attached hydrogens (primary N) is 1. The summed E-state index contributed by atoms with van der Waals surface area (Å²) in [6, 6.07) is 8.21. The van der Waals surface area contributed by atoms with Crippen LogP contribution >= 0.6 is 23.2 Å². The minimum atomic E-state index is -0.449. The molecule has 3 N–H and O–H groups in total. The molecule has 92 valence electrons. The Morgan fingerprint density at radius 2 is 1.94 bits per heavy atom. The number of nitrogen functional groups attached to an aromatic ring is 1. The zero-order chi connectivity index (χ0) is 13.1. The third-order valence-electron chi connectivity index (χ3n) is 2.17. The molecule has 0 radical (unpaired) electrons. The fourth-order valence-corrected chi connectivity index (χ4v) is 1.64. The second-order valence-corrected chi connectivity index (χ2v) is 4.16. The zero-order valence-corrected chi connectivity index (χ0v) is 10.5. The van der Waals surface area contributed by atoms with Gasteiger partial charge in [-0.05, 0) is 18.2 Å². The number of carbonyl (C=O) groups excluding carboxylic acids is 1. The van der Waals surface area contributed by atoms with E-state index in [1.807, 2.05) is 0 Å². The maximum atomic E-state index is 12.0. The number of carbonyl (C=O) groups is 1. The Morgan fingerprint density at radius 3 is 2.67 bits per heavy atom. The number of aromatic nitrogens is 2. The van der Waals surface area contributed by atoms with Gasteiger partial charge in [0.25, 0.3) is 5.91 Å². The molecule has 1 aromatic carbocycles. The lowest BCUT2D eigenvalue weighted by Gasteiger charge is -2.08. The third-order valence-corrected chi connectivity index (χ3v) is 2.64. The summed E-state index contributed by atoms with van der Waals surface area (Å²) in [4.78, 5) is 12.0. The summed E-state index contributed by atoms with van der Waals surface area (Å²) in [7, 11) is 0. The van der Waals surface area contributed by atoms with E-state index < -0.39 is 5.91 Å². The van der Waals surface area contributed by atoms with Crippen LogP contribution in [0.3, 0.4) is 0 Å². The first kappa shape index (κ1) is 12.6. The van der Waals surface area contributed by atoms with E-state index in [1.54, 1.807) is 24.3 Å². The summed E-state index contributed by atoms with van der Waals surface area (Å²) in [6.07, 6.45) is 0. The first-order valence-corrected chi connectivity index (χ1v) is 5.68. The second kappa shape index (κ2) is 5.20. The van der Waals surface area contributed by atoms with E-state index >= 15 is 0 Å². The fraction of sp³-hybridized carbons (Fsp3) is 0. The predicted molar refractivity (Wildman–Crippen MR) is 70.9 cm³/mol. The molecule has 2 rings (SSSR count). The number of para-hydroxylation sites is 2. The maximum Gasteiger partial charge on any atom is 0.259 e. The lowest BCUT2D eigenvalue weighted by Crippen LogP contribution is -2.14. The number of anilines is 2. The van der Waals surface area contributed by atoms with E-state index in [2.05, 4.69) is 15.5 Å². The molecule has 0 atom stereocenters. The number of hydrogen-bond donors (Lipinski definition) is 2. The van der Waals surface area contributed by atoms with Crippen LogP contribution in [0.25, 0.3) is 0 Å². The van der Waals surface area contributed by atoms with Gasteiger partial charge < -0.3 is 11.1 Å². The molecule has 0 aliphatic rings. The number of benzene rings is 1. The van der Waals surface area contributed by atoms with E-state index in [0.717, 1.165) is 0 Å². The van der Waals surface area contributed by atoms with Crippen LogP contribution < -0.4 is 11.1 Å². The lowest BCUT2D eigenvalue weighted by molar-refractivity contribution is 0.102. The van der Waals surface area contributed by atoms with Crippen molar-refractivity contribution in [2.24, 2.45) is 0 Å². The molecule has 0 unspecified atom stereocenters. The monoisotopic (exact) mass is 282 g/mol. The summed E-state index contributed by atoms with van der Waals surface area (Å²) in [5.41, 5.74) is 6.80. The number of halogens is 2. The zero-order valence-electron chi connectivity index (χ0n) is 9.02. The Hall–Kier alpha value is -1.85. The maximum absolute atomic E-state index is 12.0. The molecular formula is C11H8Cl2N4O. The van der Waals surface area contributed by atoms with Gasteiger partial charge in [-0.3, -0.25) is 4.79 Å². The SMILES string of the molecule is Nc1ccccc1NC(=O)c1cc(Cl)nnc1Cl. The number of amides is 1. The topological polar surface area (TPSA) is 80.9 Å².